The van der Waals surface area contributed by atoms with Gasteiger partial charge in [-0.25, -0.2) is 0 Å². The van der Waals surface area contributed by atoms with E-state index in [1.165, 1.54) is 24.2 Å². The molecule has 1 saturated carbocycles. The highest BCUT2D eigenvalue weighted by atomic mass is 32.2. The van der Waals surface area contributed by atoms with Gasteiger partial charge in [-0.05, 0) is 32.4 Å². The minimum absolute atomic E-state index is 0.569. The molecule has 2 rings (SSSR count). The van der Waals surface area contributed by atoms with E-state index in [4.69, 9.17) is 0 Å². The lowest BCUT2D eigenvalue weighted by molar-refractivity contribution is 0.628. The van der Waals surface area contributed by atoms with E-state index in [2.05, 4.69) is 49.5 Å². The molecule has 1 fully saturated rings. The monoisotopic (exact) mass is 296 g/mol. The van der Waals surface area contributed by atoms with Gasteiger partial charge in [-0.1, -0.05) is 6.92 Å². The van der Waals surface area contributed by atoms with E-state index in [-0.39, 0.29) is 0 Å². The van der Waals surface area contributed by atoms with Crippen molar-refractivity contribution >= 4 is 17.6 Å². The van der Waals surface area contributed by atoms with Gasteiger partial charge in [-0.15, -0.1) is 0 Å². The SMILES string of the molecule is CCC(CSC)N(C)c1c(CNC2CC2)c(C)nn1C. The van der Waals surface area contributed by atoms with Crippen LogP contribution in [0.15, 0.2) is 0 Å². The predicted octanol–water partition coefficient (Wildman–Crippen LogP) is 2.56. The quantitative estimate of drug-likeness (QED) is 0.799. The molecule has 20 heavy (non-hydrogen) atoms. The molecule has 1 unspecified atom stereocenters. The van der Waals surface area contributed by atoms with E-state index in [1.54, 1.807) is 0 Å². The maximum absolute atomic E-state index is 4.64. The van der Waals surface area contributed by atoms with E-state index in [9.17, 15) is 0 Å². The van der Waals surface area contributed by atoms with Gasteiger partial charge in [-0.2, -0.15) is 16.9 Å². The number of nitrogens with zero attached hydrogens (tertiary/aromatic N) is 3. The Kier molecular flexibility index (Phi) is 5.38. The second kappa shape index (κ2) is 6.85. The average molecular weight is 296 g/mol. The normalized spacial score (nSPS) is 16.4. The molecule has 0 spiro atoms. The first kappa shape index (κ1) is 15.7. The van der Waals surface area contributed by atoms with Gasteiger partial charge in [-0.3, -0.25) is 4.68 Å². The Balaban J connectivity index is 2.18. The Morgan fingerprint density at radius 1 is 1.50 bits per heavy atom. The molecule has 1 atom stereocenters. The van der Waals surface area contributed by atoms with Gasteiger partial charge < -0.3 is 10.2 Å². The molecule has 0 radical (unpaired) electrons. The van der Waals surface area contributed by atoms with Crippen molar-refractivity contribution in [1.29, 1.82) is 0 Å². The average Bonchev–Trinajstić information content (AvgIpc) is 3.19. The number of hydrogen-bond acceptors (Lipinski definition) is 4. The highest BCUT2D eigenvalue weighted by Crippen LogP contribution is 2.27. The fraction of sp³-hybridized carbons (Fsp3) is 0.800. The second-order valence-electron chi connectivity index (χ2n) is 5.79. The van der Waals surface area contributed by atoms with Crippen LogP contribution in [0.5, 0.6) is 0 Å². The van der Waals surface area contributed by atoms with Gasteiger partial charge >= 0.3 is 0 Å². The van der Waals surface area contributed by atoms with Crippen LogP contribution in [0.2, 0.25) is 0 Å². The van der Waals surface area contributed by atoms with Crippen molar-refractivity contribution in [2.75, 3.05) is 24.0 Å². The van der Waals surface area contributed by atoms with Gasteiger partial charge in [0.15, 0.2) is 0 Å². The Morgan fingerprint density at radius 2 is 2.20 bits per heavy atom. The predicted molar refractivity (Wildman–Crippen MR) is 88.7 cm³/mol. The third-order valence-electron chi connectivity index (χ3n) is 4.17. The van der Waals surface area contributed by atoms with E-state index < -0.39 is 0 Å². The third-order valence-corrected chi connectivity index (χ3v) is 4.89. The van der Waals surface area contributed by atoms with Gasteiger partial charge in [0.25, 0.3) is 0 Å². The summed E-state index contributed by atoms with van der Waals surface area (Å²) in [6.07, 6.45) is 6.00. The Labute approximate surface area is 127 Å². The molecule has 0 saturated heterocycles. The minimum Gasteiger partial charge on any atom is -0.356 e. The minimum atomic E-state index is 0.569. The van der Waals surface area contributed by atoms with Crippen LogP contribution in [0.1, 0.15) is 37.4 Å². The van der Waals surface area contributed by atoms with Crippen molar-refractivity contribution < 1.29 is 0 Å². The van der Waals surface area contributed by atoms with Crippen LogP contribution < -0.4 is 10.2 Å². The molecule has 0 bridgehead atoms. The molecule has 0 aromatic carbocycles. The largest absolute Gasteiger partial charge is 0.356 e. The number of rotatable bonds is 8. The van der Waals surface area contributed by atoms with Crippen LogP contribution in [0.25, 0.3) is 0 Å². The molecule has 0 amide bonds. The summed E-state index contributed by atoms with van der Waals surface area (Å²) in [4.78, 5) is 2.42. The smallest absolute Gasteiger partial charge is 0.131 e. The molecule has 1 aromatic rings. The number of thioether (sulfide) groups is 1. The summed E-state index contributed by atoms with van der Waals surface area (Å²) in [7, 11) is 4.27. The summed E-state index contributed by atoms with van der Waals surface area (Å²) in [6.45, 7) is 5.33. The van der Waals surface area contributed by atoms with Crippen molar-refractivity contribution in [2.24, 2.45) is 7.05 Å². The van der Waals surface area contributed by atoms with Crippen LogP contribution in [0, 0.1) is 6.92 Å². The van der Waals surface area contributed by atoms with Crippen molar-refractivity contribution in [3.8, 4) is 0 Å². The molecular weight excluding hydrogens is 268 g/mol. The second-order valence-corrected chi connectivity index (χ2v) is 6.71. The van der Waals surface area contributed by atoms with Crippen molar-refractivity contribution in [1.82, 2.24) is 15.1 Å². The topological polar surface area (TPSA) is 33.1 Å². The zero-order chi connectivity index (χ0) is 14.7. The van der Waals surface area contributed by atoms with E-state index in [0.717, 1.165) is 30.5 Å². The van der Waals surface area contributed by atoms with Crippen LogP contribution in [-0.2, 0) is 13.6 Å². The number of anilines is 1. The standard InChI is InChI=1S/C15H28N4S/c1-6-13(10-20-5)18(3)15-14(9-16-12-7-8-12)11(2)17-19(15)4/h12-13,16H,6-10H2,1-5H3. The first-order valence-electron chi connectivity index (χ1n) is 7.56. The van der Waals surface area contributed by atoms with Gasteiger partial charge in [0.05, 0.1) is 5.69 Å². The van der Waals surface area contributed by atoms with Crippen molar-refractivity contribution in [3.05, 3.63) is 11.3 Å². The summed E-state index contributed by atoms with van der Waals surface area (Å²) in [5, 5.41) is 8.26. The number of nitrogens with one attached hydrogen (secondary N) is 1. The lowest BCUT2D eigenvalue weighted by atomic mass is 10.2. The number of hydrogen-bond donors (Lipinski definition) is 1. The zero-order valence-electron chi connectivity index (χ0n) is 13.4. The van der Waals surface area contributed by atoms with E-state index in [1.807, 2.05) is 16.4 Å². The third kappa shape index (κ3) is 3.50. The summed E-state index contributed by atoms with van der Waals surface area (Å²) in [5.74, 6) is 2.43. The van der Waals surface area contributed by atoms with Crippen molar-refractivity contribution in [3.63, 3.8) is 0 Å². The molecule has 1 heterocycles. The molecule has 1 aliphatic rings. The molecule has 1 aromatic heterocycles. The fourth-order valence-corrected chi connectivity index (χ4v) is 3.58. The Morgan fingerprint density at radius 3 is 2.75 bits per heavy atom. The molecule has 5 heteroatoms. The Bertz CT molecular complexity index is 439. The van der Waals surface area contributed by atoms with Crippen LogP contribution >= 0.6 is 11.8 Å². The van der Waals surface area contributed by atoms with Gasteiger partial charge in [0.1, 0.15) is 5.82 Å². The van der Waals surface area contributed by atoms with E-state index in [0.29, 0.717) is 6.04 Å². The van der Waals surface area contributed by atoms with Crippen LogP contribution in [0.4, 0.5) is 5.82 Å². The van der Waals surface area contributed by atoms with Crippen LogP contribution in [0.3, 0.4) is 0 Å². The first-order valence-corrected chi connectivity index (χ1v) is 8.95. The fourth-order valence-electron chi connectivity index (χ4n) is 2.74. The molecule has 114 valence electrons. The zero-order valence-corrected chi connectivity index (χ0v) is 14.3. The summed E-state index contributed by atoms with van der Waals surface area (Å²) in [5.41, 5.74) is 2.52. The number of aromatic nitrogens is 2. The highest BCUT2D eigenvalue weighted by Gasteiger charge is 2.25. The van der Waals surface area contributed by atoms with Crippen LogP contribution in [-0.4, -0.2) is 40.9 Å². The molecule has 1 aliphatic carbocycles. The van der Waals surface area contributed by atoms with Gasteiger partial charge in [0.2, 0.25) is 0 Å². The lowest BCUT2D eigenvalue weighted by Crippen LogP contribution is -2.35. The first-order chi connectivity index (χ1) is 9.58. The van der Waals surface area contributed by atoms with Gasteiger partial charge in [0, 0.05) is 44.0 Å². The Hall–Kier alpha value is -0.680. The van der Waals surface area contributed by atoms with Crippen molar-refractivity contribution in [2.45, 2.75) is 51.7 Å². The highest BCUT2D eigenvalue weighted by molar-refractivity contribution is 7.98. The maximum atomic E-state index is 4.64. The molecular formula is C15H28N4S. The number of aryl methyl sites for hydroxylation is 2. The summed E-state index contributed by atoms with van der Waals surface area (Å²) in [6, 6.07) is 1.31. The maximum Gasteiger partial charge on any atom is 0.131 e. The molecule has 1 N–H and O–H groups in total. The molecule has 0 aliphatic heterocycles. The summed E-state index contributed by atoms with van der Waals surface area (Å²) < 4.78 is 2.04. The van der Waals surface area contributed by atoms with E-state index >= 15 is 0 Å². The summed E-state index contributed by atoms with van der Waals surface area (Å²) >= 11 is 1.92. The molecule has 4 nitrogen and oxygen atoms in total. The lowest BCUT2D eigenvalue weighted by Gasteiger charge is -2.29.